The summed E-state index contributed by atoms with van der Waals surface area (Å²) in [5, 5.41) is 8.25. The van der Waals surface area contributed by atoms with Crippen molar-refractivity contribution in [3.8, 4) is 0 Å². The van der Waals surface area contributed by atoms with Crippen LogP contribution >= 0.6 is 11.6 Å². The van der Waals surface area contributed by atoms with Gasteiger partial charge in [0.2, 0.25) is 0 Å². The second-order valence-corrected chi connectivity index (χ2v) is 3.51. The third kappa shape index (κ3) is 3.90. The number of nitrogens with zero attached hydrogens (tertiary/aromatic N) is 2. The van der Waals surface area contributed by atoms with Crippen molar-refractivity contribution < 1.29 is 18.3 Å². The Morgan fingerprint density at radius 2 is 2.18 bits per heavy atom. The molecule has 1 rings (SSSR count). The lowest BCUT2D eigenvalue weighted by molar-refractivity contribution is -0.120. The third-order valence-electron chi connectivity index (χ3n) is 1.82. The van der Waals surface area contributed by atoms with Gasteiger partial charge in [-0.25, -0.2) is 4.98 Å². The van der Waals surface area contributed by atoms with Crippen molar-refractivity contribution in [2.45, 2.75) is 6.18 Å². The molecule has 0 amide bonds. The lowest BCUT2D eigenvalue weighted by atomic mass is 10.4. The molecule has 0 aromatic carbocycles. The van der Waals surface area contributed by atoms with Crippen LogP contribution in [0.3, 0.4) is 0 Å². The van der Waals surface area contributed by atoms with E-state index in [1.807, 2.05) is 0 Å². The van der Waals surface area contributed by atoms with Gasteiger partial charge in [0.15, 0.2) is 5.82 Å². The molecule has 0 atom stereocenters. The van der Waals surface area contributed by atoms with Gasteiger partial charge < -0.3 is 15.0 Å². The van der Waals surface area contributed by atoms with Crippen LogP contribution in [0.2, 0.25) is 5.02 Å². The summed E-state index contributed by atoms with van der Waals surface area (Å²) in [6.45, 7) is -2.18. The second kappa shape index (κ2) is 5.37. The summed E-state index contributed by atoms with van der Waals surface area (Å²) in [5.74, 6) is -0.304. The van der Waals surface area contributed by atoms with E-state index in [1.165, 1.54) is 0 Å². The van der Waals surface area contributed by atoms with E-state index in [0.717, 1.165) is 6.33 Å². The molecule has 0 fully saturated rings. The highest BCUT2D eigenvalue weighted by molar-refractivity contribution is 6.32. The maximum atomic E-state index is 12.3. The molecular formula is C8H9ClF3N3O2. The average molecular weight is 272 g/mol. The van der Waals surface area contributed by atoms with Gasteiger partial charge in [-0.15, -0.1) is 0 Å². The predicted octanol–water partition coefficient (Wildman–Crippen LogP) is 0.784. The molecule has 0 aliphatic rings. The summed E-state index contributed by atoms with van der Waals surface area (Å²) in [6, 6.07) is 0. The standard InChI is InChI=1S/C8H9ClF3N3O2/c9-5-6(13-4-14-7(5)17)15(1-2-16)3-8(10,11)12/h4,16H,1-3H2,(H,13,14,17). The predicted molar refractivity (Wildman–Crippen MR) is 55.2 cm³/mol. The Hall–Kier alpha value is -1.28. The number of aliphatic hydroxyl groups excluding tert-OH is 1. The van der Waals surface area contributed by atoms with Gasteiger partial charge in [-0.2, -0.15) is 13.2 Å². The van der Waals surface area contributed by atoms with E-state index in [1.54, 1.807) is 0 Å². The number of aromatic amines is 1. The van der Waals surface area contributed by atoms with Gasteiger partial charge in [-0.05, 0) is 0 Å². The molecule has 96 valence electrons. The van der Waals surface area contributed by atoms with E-state index in [0.29, 0.717) is 4.90 Å². The minimum atomic E-state index is -4.48. The lowest BCUT2D eigenvalue weighted by Crippen LogP contribution is -2.37. The summed E-state index contributed by atoms with van der Waals surface area (Å²) < 4.78 is 36.8. The number of alkyl halides is 3. The van der Waals surface area contributed by atoms with Crippen LogP contribution < -0.4 is 10.5 Å². The topological polar surface area (TPSA) is 69.2 Å². The highest BCUT2D eigenvalue weighted by atomic mass is 35.5. The number of H-pyrrole nitrogens is 1. The molecule has 9 heteroatoms. The smallest absolute Gasteiger partial charge is 0.395 e. The summed E-state index contributed by atoms with van der Waals surface area (Å²) in [5.41, 5.74) is -0.734. The lowest BCUT2D eigenvalue weighted by Gasteiger charge is -2.24. The molecule has 0 unspecified atom stereocenters. The molecule has 1 aromatic heterocycles. The van der Waals surface area contributed by atoms with E-state index in [9.17, 15) is 18.0 Å². The molecule has 0 spiro atoms. The molecule has 2 N–H and O–H groups in total. The zero-order valence-corrected chi connectivity index (χ0v) is 9.22. The molecule has 0 radical (unpaired) electrons. The van der Waals surface area contributed by atoms with E-state index in [-0.39, 0.29) is 12.4 Å². The van der Waals surface area contributed by atoms with Crippen LogP contribution in [0.15, 0.2) is 11.1 Å². The number of hydrogen-bond donors (Lipinski definition) is 2. The van der Waals surface area contributed by atoms with Gasteiger partial charge in [0.25, 0.3) is 5.56 Å². The van der Waals surface area contributed by atoms with E-state index < -0.39 is 29.9 Å². The monoisotopic (exact) mass is 271 g/mol. The van der Waals surface area contributed by atoms with Crippen LogP contribution in [-0.4, -0.2) is 40.9 Å². The zero-order valence-electron chi connectivity index (χ0n) is 8.46. The van der Waals surface area contributed by atoms with Crippen molar-refractivity contribution in [2.24, 2.45) is 0 Å². The number of nitrogens with one attached hydrogen (secondary N) is 1. The SMILES string of the molecule is O=c1[nH]cnc(N(CCO)CC(F)(F)F)c1Cl. The number of aromatic nitrogens is 2. The summed E-state index contributed by atoms with van der Waals surface area (Å²) in [6.07, 6.45) is -3.53. The Morgan fingerprint density at radius 3 is 2.71 bits per heavy atom. The van der Waals surface area contributed by atoms with Crippen molar-refractivity contribution in [2.75, 3.05) is 24.6 Å². The van der Waals surface area contributed by atoms with Crippen LogP contribution in [0.4, 0.5) is 19.0 Å². The molecular weight excluding hydrogens is 263 g/mol. The Balaban J connectivity index is 3.05. The minimum absolute atomic E-state index is 0.304. The van der Waals surface area contributed by atoms with Crippen molar-refractivity contribution in [1.82, 2.24) is 9.97 Å². The Labute approximate surface area is 98.8 Å². The highest BCUT2D eigenvalue weighted by Gasteiger charge is 2.32. The molecule has 5 nitrogen and oxygen atoms in total. The number of rotatable bonds is 4. The number of anilines is 1. The second-order valence-electron chi connectivity index (χ2n) is 3.13. The van der Waals surface area contributed by atoms with E-state index in [4.69, 9.17) is 16.7 Å². The normalized spacial score (nSPS) is 11.6. The number of halogens is 4. The Bertz CT molecular complexity index is 435. The molecule has 1 aromatic rings. The molecule has 0 saturated heterocycles. The van der Waals surface area contributed by atoms with Gasteiger partial charge in [0.1, 0.15) is 11.6 Å². The van der Waals surface area contributed by atoms with Crippen molar-refractivity contribution >= 4 is 17.4 Å². The fourth-order valence-corrected chi connectivity index (χ4v) is 1.41. The summed E-state index contributed by atoms with van der Waals surface area (Å²) >= 11 is 5.56. The van der Waals surface area contributed by atoms with Crippen LogP contribution in [0.5, 0.6) is 0 Å². The Morgan fingerprint density at radius 1 is 1.53 bits per heavy atom. The molecule has 0 bridgehead atoms. The largest absolute Gasteiger partial charge is 0.405 e. The third-order valence-corrected chi connectivity index (χ3v) is 2.16. The summed E-state index contributed by atoms with van der Waals surface area (Å²) in [7, 11) is 0. The van der Waals surface area contributed by atoms with Crippen molar-refractivity contribution in [3.63, 3.8) is 0 Å². The number of aliphatic hydroxyl groups is 1. The van der Waals surface area contributed by atoms with Gasteiger partial charge >= 0.3 is 6.18 Å². The quantitative estimate of drug-likeness (QED) is 0.849. The van der Waals surface area contributed by atoms with Gasteiger partial charge in [-0.3, -0.25) is 4.79 Å². The Kier molecular flexibility index (Phi) is 4.35. The fraction of sp³-hybridized carbons (Fsp3) is 0.500. The van der Waals surface area contributed by atoms with Crippen LogP contribution in [0, 0.1) is 0 Å². The molecule has 0 aliphatic carbocycles. The molecule has 0 aliphatic heterocycles. The molecule has 17 heavy (non-hydrogen) atoms. The average Bonchev–Trinajstić information content (AvgIpc) is 2.19. The minimum Gasteiger partial charge on any atom is -0.395 e. The summed E-state index contributed by atoms with van der Waals surface area (Å²) in [4.78, 5) is 17.5. The maximum Gasteiger partial charge on any atom is 0.405 e. The first-order valence-corrected chi connectivity index (χ1v) is 4.88. The molecule has 1 heterocycles. The molecule has 0 saturated carbocycles. The van der Waals surface area contributed by atoms with Gasteiger partial charge in [0.05, 0.1) is 12.9 Å². The van der Waals surface area contributed by atoms with E-state index in [2.05, 4.69) is 9.97 Å². The first-order chi connectivity index (χ1) is 7.85. The van der Waals surface area contributed by atoms with Gasteiger partial charge in [-0.1, -0.05) is 11.6 Å². The van der Waals surface area contributed by atoms with Crippen LogP contribution in [-0.2, 0) is 0 Å². The highest BCUT2D eigenvalue weighted by Crippen LogP contribution is 2.23. The zero-order chi connectivity index (χ0) is 13.1. The number of hydrogen-bond acceptors (Lipinski definition) is 4. The van der Waals surface area contributed by atoms with E-state index >= 15 is 0 Å². The first kappa shape index (κ1) is 13.8. The van der Waals surface area contributed by atoms with Crippen LogP contribution in [0.1, 0.15) is 0 Å². The van der Waals surface area contributed by atoms with Gasteiger partial charge in [0, 0.05) is 6.54 Å². The first-order valence-electron chi connectivity index (χ1n) is 4.51. The van der Waals surface area contributed by atoms with Crippen LogP contribution in [0.25, 0.3) is 0 Å². The van der Waals surface area contributed by atoms with Crippen molar-refractivity contribution in [1.29, 1.82) is 0 Å². The van der Waals surface area contributed by atoms with Crippen molar-refractivity contribution in [3.05, 3.63) is 21.7 Å². The maximum absolute atomic E-state index is 12.3. The fourth-order valence-electron chi connectivity index (χ4n) is 1.19.